The lowest BCUT2D eigenvalue weighted by Gasteiger charge is -2.28. The molecular weight excluding hydrogens is 372 g/mol. The fourth-order valence-electron chi connectivity index (χ4n) is 3.27. The fraction of sp³-hybridized carbons (Fsp3) is 0.286. The summed E-state index contributed by atoms with van der Waals surface area (Å²) in [6.45, 7) is 4.24. The first-order valence-corrected chi connectivity index (χ1v) is 9.90. The number of aryl methyl sites for hydroxylation is 1. The zero-order chi connectivity index (χ0) is 19.3. The first kappa shape index (κ1) is 18.5. The van der Waals surface area contributed by atoms with Crippen LogP contribution in [0.15, 0.2) is 48.7 Å². The number of hydrogen-bond donors (Lipinski definition) is 2. The molecule has 0 bridgehead atoms. The molecule has 1 aromatic heterocycles. The second-order valence-electron chi connectivity index (χ2n) is 6.97. The summed E-state index contributed by atoms with van der Waals surface area (Å²) in [5.74, 6) is 1.04. The summed E-state index contributed by atoms with van der Waals surface area (Å²) in [6, 6.07) is 14.2. The van der Waals surface area contributed by atoms with E-state index in [1.165, 1.54) is 24.9 Å². The predicted molar refractivity (Wildman–Crippen MR) is 115 cm³/mol. The predicted octanol–water partition coefficient (Wildman–Crippen LogP) is 5.31. The largest absolute Gasteiger partial charge is 0.372 e. The Balaban J connectivity index is 1.43. The SMILES string of the molecule is Cc1ccc(Nc2nncc(Nc3ccc(N4CCCCC4)cc3)n2)cc1Cl. The number of nitrogens with zero attached hydrogens (tertiary/aromatic N) is 4. The minimum Gasteiger partial charge on any atom is -0.372 e. The molecule has 0 radical (unpaired) electrons. The first-order valence-electron chi connectivity index (χ1n) is 9.52. The van der Waals surface area contributed by atoms with Gasteiger partial charge in [0.25, 0.3) is 0 Å². The van der Waals surface area contributed by atoms with Gasteiger partial charge in [0.05, 0.1) is 6.20 Å². The van der Waals surface area contributed by atoms with Gasteiger partial charge in [-0.1, -0.05) is 17.7 Å². The molecule has 0 atom stereocenters. The van der Waals surface area contributed by atoms with E-state index >= 15 is 0 Å². The van der Waals surface area contributed by atoms with E-state index in [0.717, 1.165) is 30.0 Å². The van der Waals surface area contributed by atoms with Crippen molar-refractivity contribution in [3.05, 3.63) is 59.2 Å². The average Bonchev–Trinajstić information content (AvgIpc) is 2.72. The van der Waals surface area contributed by atoms with E-state index in [0.29, 0.717) is 16.8 Å². The second-order valence-corrected chi connectivity index (χ2v) is 7.38. The molecule has 2 aromatic carbocycles. The number of benzene rings is 2. The average molecular weight is 395 g/mol. The Kier molecular flexibility index (Phi) is 5.58. The van der Waals surface area contributed by atoms with Gasteiger partial charge < -0.3 is 15.5 Å². The molecular formula is C21H23ClN6. The van der Waals surface area contributed by atoms with Crippen molar-refractivity contribution in [2.75, 3.05) is 28.6 Å². The molecule has 6 nitrogen and oxygen atoms in total. The summed E-state index contributed by atoms with van der Waals surface area (Å²) in [7, 11) is 0. The number of piperidine rings is 1. The third kappa shape index (κ3) is 4.51. The number of nitrogens with one attached hydrogen (secondary N) is 2. The molecule has 0 spiro atoms. The van der Waals surface area contributed by atoms with Crippen LogP contribution in [0.3, 0.4) is 0 Å². The van der Waals surface area contributed by atoms with Gasteiger partial charge >= 0.3 is 0 Å². The van der Waals surface area contributed by atoms with Crippen molar-refractivity contribution < 1.29 is 0 Å². The second kappa shape index (κ2) is 8.44. The van der Waals surface area contributed by atoms with Crippen LogP contribution < -0.4 is 15.5 Å². The number of rotatable bonds is 5. The Morgan fingerprint density at radius 1 is 0.929 bits per heavy atom. The van der Waals surface area contributed by atoms with Crippen LogP contribution in [0.1, 0.15) is 24.8 Å². The van der Waals surface area contributed by atoms with Gasteiger partial charge in [-0.3, -0.25) is 0 Å². The Bertz CT molecular complexity index is 938. The third-order valence-electron chi connectivity index (χ3n) is 4.85. The maximum Gasteiger partial charge on any atom is 0.249 e. The minimum absolute atomic E-state index is 0.412. The van der Waals surface area contributed by atoms with Crippen LogP contribution in [0.5, 0.6) is 0 Å². The van der Waals surface area contributed by atoms with Crippen molar-refractivity contribution >= 4 is 40.4 Å². The number of halogens is 1. The zero-order valence-corrected chi connectivity index (χ0v) is 16.6. The van der Waals surface area contributed by atoms with Crippen LogP contribution in [0.4, 0.5) is 28.8 Å². The van der Waals surface area contributed by atoms with E-state index in [1.54, 1.807) is 6.20 Å². The molecule has 0 unspecified atom stereocenters. The highest BCUT2D eigenvalue weighted by Gasteiger charge is 2.10. The molecule has 144 valence electrons. The molecule has 7 heteroatoms. The van der Waals surface area contributed by atoms with E-state index < -0.39 is 0 Å². The van der Waals surface area contributed by atoms with Gasteiger partial charge in [-0.15, -0.1) is 5.10 Å². The molecule has 28 heavy (non-hydrogen) atoms. The summed E-state index contributed by atoms with van der Waals surface area (Å²) >= 11 is 6.18. The lowest BCUT2D eigenvalue weighted by atomic mass is 10.1. The van der Waals surface area contributed by atoms with Crippen molar-refractivity contribution in [1.82, 2.24) is 15.2 Å². The van der Waals surface area contributed by atoms with E-state index in [9.17, 15) is 0 Å². The molecule has 4 rings (SSSR count). The smallest absolute Gasteiger partial charge is 0.249 e. The third-order valence-corrected chi connectivity index (χ3v) is 5.25. The first-order chi connectivity index (χ1) is 13.7. The highest BCUT2D eigenvalue weighted by atomic mass is 35.5. The zero-order valence-electron chi connectivity index (χ0n) is 15.8. The summed E-state index contributed by atoms with van der Waals surface area (Å²) < 4.78 is 0. The van der Waals surface area contributed by atoms with Gasteiger partial charge in [0.2, 0.25) is 5.95 Å². The molecule has 0 amide bonds. The lowest BCUT2D eigenvalue weighted by molar-refractivity contribution is 0.578. The van der Waals surface area contributed by atoms with E-state index in [4.69, 9.17) is 11.6 Å². The number of hydrogen-bond acceptors (Lipinski definition) is 6. The van der Waals surface area contributed by atoms with Crippen molar-refractivity contribution in [3.8, 4) is 0 Å². The molecule has 1 aliphatic heterocycles. The van der Waals surface area contributed by atoms with Crippen LogP contribution in [-0.2, 0) is 0 Å². The van der Waals surface area contributed by atoms with E-state index in [1.807, 2.05) is 25.1 Å². The van der Waals surface area contributed by atoms with Gasteiger partial charge in [0.15, 0.2) is 5.82 Å². The molecule has 1 saturated heterocycles. The standard InChI is InChI=1S/C21H23ClN6/c1-15-5-6-17(13-19(15)22)25-21-26-20(14-23-27-21)24-16-7-9-18(10-8-16)28-11-3-2-4-12-28/h5-10,13-14H,2-4,11-12H2,1H3,(H2,24,25,26,27). The van der Waals surface area contributed by atoms with Crippen molar-refractivity contribution in [2.24, 2.45) is 0 Å². The van der Waals surface area contributed by atoms with Crippen molar-refractivity contribution in [1.29, 1.82) is 0 Å². The maximum atomic E-state index is 6.18. The van der Waals surface area contributed by atoms with Crippen LogP contribution in [0.2, 0.25) is 5.02 Å². The van der Waals surface area contributed by atoms with Crippen molar-refractivity contribution in [3.63, 3.8) is 0 Å². The van der Waals surface area contributed by atoms with E-state index in [-0.39, 0.29) is 0 Å². The van der Waals surface area contributed by atoms with Gasteiger partial charge in [0.1, 0.15) is 0 Å². The van der Waals surface area contributed by atoms with Crippen molar-refractivity contribution in [2.45, 2.75) is 26.2 Å². The minimum atomic E-state index is 0.412. The van der Waals surface area contributed by atoms with Gasteiger partial charge in [-0.25, -0.2) is 0 Å². The summed E-state index contributed by atoms with van der Waals surface area (Å²) in [5, 5.41) is 15.2. The highest BCUT2D eigenvalue weighted by molar-refractivity contribution is 6.31. The monoisotopic (exact) mass is 394 g/mol. The Labute approximate surface area is 170 Å². The van der Waals surface area contributed by atoms with Gasteiger partial charge in [-0.05, 0) is 68.1 Å². The lowest BCUT2D eigenvalue weighted by Crippen LogP contribution is -2.29. The molecule has 3 aromatic rings. The normalized spacial score (nSPS) is 14.0. The molecule has 0 aliphatic carbocycles. The quantitative estimate of drug-likeness (QED) is 0.611. The Morgan fingerprint density at radius 2 is 1.68 bits per heavy atom. The molecule has 0 saturated carbocycles. The van der Waals surface area contributed by atoms with Crippen LogP contribution in [0, 0.1) is 6.92 Å². The number of aromatic nitrogens is 3. The number of anilines is 5. The topological polar surface area (TPSA) is 66.0 Å². The van der Waals surface area contributed by atoms with Gasteiger partial charge in [-0.2, -0.15) is 10.1 Å². The van der Waals surface area contributed by atoms with Crippen LogP contribution in [0.25, 0.3) is 0 Å². The molecule has 2 heterocycles. The molecule has 1 fully saturated rings. The maximum absolute atomic E-state index is 6.18. The Hall–Kier alpha value is -2.86. The van der Waals surface area contributed by atoms with E-state index in [2.05, 4.69) is 55.0 Å². The fourth-order valence-corrected chi connectivity index (χ4v) is 3.45. The molecule has 1 aliphatic rings. The summed E-state index contributed by atoms with van der Waals surface area (Å²) in [4.78, 5) is 6.92. The van der Waals surface area contributed by atoms with Crippen LogP contribution in [-0.4, -0.2) is 28.3 Å². The summed E-state index contributed by atoms with van der Waals surface area (Å²) in [5.41, 5.74) is 4.07. The molecule has 2 N–H and O–H groups in total. The highest BCUT2D eigenvalue weighted by Crippen LogP contribution is 2.24. The van der Waals surface area contributed by atoms with Gasteiger partial charge in [0, 0.05) is 35.2 Å². The van der Waals surface area contributed by atoms with Crippen LogP contribution >= 0.6 is 11.6 Å². The Morgan fingerprint density at radius 3 is 2.43 bits per heavy atom. The summed E-state index contributed by atoms with van der Waals surface area (Å²) in [6.07, 6.45) is 5.48.